The van der Waals surface area contributed by atoms with E-state index in [-0.39, 0.29) is 12.0 Å². The molecule has 0 amide bonds. The van der Waals surface area contributed by atoms with Crippen molar-refractivity contribution in [3.63, 3.8) is 0 Å². The lowest BCUT2D eigenvalue weighted by molar-refractivity contribution is -0.387. The van der Waals surface area contributed by atoms with E-state index in [1.54, 1.807) is 6.07 Å². The smallest absolute Gasteiger partial charge is 0.258 e. The predicted octanol–water partition coefficient (Wildman–Crippen LogP) is 4.53. The van der Waals surface area contributed by atoms with Crippen molar-refractivity contribution in [2.24, 2.45) is 5.41 Å². The van der Waals surface area contributed by atoms with E-state index in [2.05, 4.69) is 6.07 Å². The van der Waals surface area contributed by atoms with Gasteiger partial charge in [0, 0.05) is 6.07 Å². The van der Waals surface area contributed by atoms with Crippen LogP contribution in [0.5, 0.6) is 0 Å². The Kier molecular flexibility index (Phi) is 4.89. The Hall–Kier alpha value is -1.96. The van der Waals surface area contributed by atoms with Crippen LogP contribution in [0.4, 0.5) is 10.1 Å². The lowest BCUT2D eigenvalue weighted by Crippen LogP contribution is -2.23. The van der Waals surface area contributed by atoms with Crippen LogP contribution in [0.2, 0.25) is 0 Å². The topological polar surface area (TPSA) is 66.9 Å². The summed E-state index contributed by atoms with van der Waals surface area (Å²) in [6.07, 6.45) is 7.05. The van der Waals surface area contributed by atoms with Gasteiger partial charge in [-0.1, -0.05) is 44.2 Å². The Bertz CT molecular complexity index is 558. The van der Waals surface area contributed by atoms with Crippen molar-refractivity contribution in [1.82, 2.24) is 0 Å². The molecule has 1 fully saturated rings. The van der Waals surface area contributed by atoms with Crippen molar-refractivity contribution in [3.05, 3.63) is 39.7 Å². The summed E-state index contributed by atoms with van der Waals surface area (Å²) in [4.78, 5) is 10.1. The molecule has 2 rings (SSSR count). The van der Waals surface area contributed by atoms with Crippen LogP contribution in [0, 0.1) is 32.7 Å². The van der Waals surface area contributed by atoms with Gasteiger partial charge in [0.1, 0.15) is 0 Å². The summed E-state index contributed by atoms with van der Waals surface area (Å²) < 4.78 is 14.2. The quantitative estimate of drug-likeness (QED) is 0.606. The normalized spacial score (nSPS) is 18.3. The lowest BCUT2D eigenvalue weighted by Gasteiger charge is -2.28. The largest absolute Gasteiger partial charge is 0.305 e. The molecular formula is C16H19FN2O2. The minimum atomic E-state index is -0.792. The Morgan fingerprint density at radius 1 is 1.24 bits per heavy atom. The predicted molar refractivity (Wildman–Crippen MR) is 77.1 cm³/mol. The second kappa shape index (κ2) is 6.66. The maximum absolute atomic E-state index is 14.2. The van der Waals surface area contributed by atoms with Crippen LogP contribution in [0.15, 0.2) is 18.2 Å². The van der Waals surface area contributed by atoms with Crippen LogP contribution in [0.25, 0.3) is 0 Å². The molecule has 0 radical (unpaired) electrons. The highest BCUT2D eigenvalue weighted by Gasteiger charge is 2.32. The van der Waals surface area contributed by atoms with Gasteiger partial charge < -0.3 is 0 Å². The van der Waals surface area contributed by atoms with Crippen LogP contribution >= 0.6 is 0 Å². The molecule has 1 aliphatic carbocycles. The molecule has 1 saturated carbocycles. The van der Waals surface area contributed by atoms with Gasteiger partial charge in [0.15, 0.2) is 0 Å². The molecular weight excluding hydrogens is 271 g/mol. The first-order valence-electron chi connectivity index (χ1n) is 7.41. The number of nitrogens with zero attached hydrogens (tertiary/aromatic N) is 2. The molecule has 0 aromatic heterocycles. The van der Waals surface area contributed by atoms with Crippen molar-refractivity contribution < 1.29 is 9.31 Å². The zero-order valence-corrected chi connectivity index (χ0v) is 12.0. The highest BCUT2D eigenvalue weighted by molar-refractivity contribution is 5.37. The minimum absolute atomic E-state index is 0.261. The van der Waals surface area contributed by atoms with Gasteiger partial charge in [0.25, 0.3) is 0 Å². The van der Waals surface area contributed by atoms with Crippen molar-refractivity contribution in [1.29, 1.82) is 5.26 Å². The van der Waals surface area contributed by atoms with Gasteiger partial charge in [-0.3, -0.25) is 10.1 Å². The molecule has 0 spiro atoms. The van der Waals surface area contributed by atoms with E-state index in [4.69, 9.17) is 0 Å². The van der Waals surface area contributed by atoms with Gasteiger partial charge in [0.05, 0.1) is 16.4 Å². The van der Waals surface area contributed by atoms with E-state index in [9.17, 15) is 19.8 Å². The van der Waals surface area contributed by atoms with Gasteiger partial charge >= 0.3 is 5.69 Å². The Labute approximate surface area is 123 Å². The highest BCUT2D eigenvalue weighted by atomic mass is 19.1. The Balaban J connectivity index is 2.27. The monoisotopic (exact) mass is 290 g/mol. The molecule has 0 heterocycles. The number of benzene rings is 1. The number of hydrogen-bond donors (Lipinski definition) is 0. The van der Waals surface area contributed by atoms with E-state index in [0.717, 1.165) is 44.6 Å². The van der Waals surface area contributed by atoms with Crippen LogP contribution in [0.1, 0.15) is 50.5 Å². The number of hydrogen-bond acceptors (Lipinski definition) is 3. The molecule has 5 heteroatoms. The van der Waals surface area contributed by atoms with Crippen molar-refractivity contribution in [2.75, 3.05) is 0 Å². The third-order valence-corrected chi connectivity index (χ3v) is 4.33. The summed E-state index contributed by atoms with van der Waals surface area (Å²) >= 11 is 0. The van der Waals surface area contributed by atoms with E-state index in [0.29, 0.717) is 0 Å². The van der Waals surface area contributed by atoms with Crippen molar-refractivity contribution in [3.8, 4) is 6.07 Å². The average Bonchev–Trinajstić information content (AvgIpc) is 2.44. The van der Waals surface area contributed by atoms with Crippen LogP contribution in [0.3, 0.4) is 0 Å². The molecule has 0 aliphatic heterocycles. The van der Waals surface area contributed by atoms with Crippen LogP contribution in [-0.4, -0.2) is 4.92 Å². The maximum Gasteiger partial charge on any atom is 0.305 e. The van der Waals surface area contributed by atoms with Gasteiger partial charge in [-0.2, -0.15) is 9.65 Å². The van der Waals surface area contributed by atoms with E-state index < -0.39 is 21.8 Å². The van der Waals surface area contributed by atoms with Crippen molar-refractivity contribution in [2.45, 2.75) is 51.4 Å². The summed E-state index contributed by atoms with van der Waals surface area (Å²) in [5.41, 5.74) is -0.811. The Morgan fingerprint density at radius 3 is 2.43 bits per heavy atom. The first kappa shape index (κ1) is 15.4. The minimum Gasteiger partial charge on any atom is -0.258 e. The summed E-state index contributed by atoms with van der Waals surface area (Å²) in [5.74, 6) is -0.792. The number of nitriles is 1. The number of nitro groups is 1. The van der Waals surface area contributed by atoms with Gasteiger partial charge in [-0.15, -0.1) is 0 Å². The zero-order valence-electron chi connectivity index (χ0n) is 12.0. The molecule has 0 unspecified atom stereocenters. The summed E-state index contributed by atoms with van der Waals surface area (Å²) in [6, 6.07) is 6.58. The zero-order chi connectivity index (χ0) is 15.3. The molecule has 112 valence electrons. The Morgan fingerprint density at radius 2 is 1.86 bits per heavy atom. The average molecular weight is 290 g/mol. The maximum atomic E-state index is 14.2. The fourth-order valence-electron chi connectivity index (χ4n) is 3.12. The third kappa shape index (κ3) is 3.57. The van der Waals surface area contributed by atoms with E-state index in [1.807, 2.05) is 0 Å². The second-order valence-electron chi connectivity index (χ2n) is 5.84. The third-order valence-electron chi connectivity index (χ3n) is 4.33. The molecule has 4 nitrogen and oxygen atoms in total. The summed E-state index contributed by atoms with van der Waals surface area (Å²) in [6.45, 7) is 0. The summed E-state index contributed by atoms with van der Waals surface area (Å²) in [7, 11) is 0. The summed E-state index contributed by atoms with van der Waals surface area (Å²) in [5, 5.41) is 20.4. The van der Waals surface area contributed by atoms with Crippen molar-refractivity contribution >= 4 is 5.69 Å². The number of nitro benzene ring substituents is 1. The lowest BCUT2D eigenvalue weighted by atomic mass is 9.73. The molecule has 0 atom stereocenters. The molecule has 0 N–H and O–H groups in total. The van der Waals surface area contributed by atoms with E-state index in [1.165, 1.54) is 12.5 Å². The first-order valence-corrected chi connectivity index (χ1v) is 7.41. The standard InChI is InChI=1S/C16H19FN2O2/c17-15-13(7-6-8-14(15)19(20)21)11-16(12-18)9-4-2-1-3-5-10-16/h6-8H,1-5,9-11H2. The molecule has 1 aromatic rings. The van der Waals surface area contributed by atoms with Gasteiger partial charge in [-0.25, -0.2) is 0 Å². The highest BCUT2D eigenvalue weighted by Crippen LogP contribution is 2.38. The van der Waals surface area contributed by atoms with E-state index >= 15 is 0 Å². The fraction of sp³-hybridized carbons (Fsp3) is 0.562. The van der Waals surface area contributed by atoms with Crippen LogP contribution in [-0.2, 0) is 6.42 Å². The van der Waals surface area contributed by atoms with Gasteiger partial charge in [0.2, 0.25) is 5.82 Å². The fourth-order valence-corrected chi connectivity index (χ4v) is 3.12. The molecule has 21 heavy (non-hydrogen) atoms. The molecule has 1 aromatic carbocycles. The molecule has 0 bridgehead atoms. The molecule has 0 saturated heterocycles. The SMILES string of the molecule is N#CC1(Cc2cccc([N+](=O)[O-])c2F)CCCCCCC1. The number of rotatable bonds is 3. The number of halogens is 1. The molecule has 1 aliphatic rings. The first-order chi connectivity index (χ1) is 10.1. The van der Waals surface area contributed by atoms with Crippen LogP contribution < -0.4 is 0 Å². The second-order valence-corrected chi connectivity index (χ2v) is 5.84. The van der Waals surface area contributed by atoms with Gasteiger partial charge in [-0.05, 0) is 24.8 Å².